The number of aromatic nitrogens is 4. The van der Waals surface area contributed by atoms with E-state index in [9.17, 15) is 19.2 Å². The van der Waals surface area contributed by atoms with Crippen LogP contribution in [0.25, 0.3) is 22.8 Å². The highest BCUT2D eigenvalue weighted by molar-refractivity contribution is 5.91. The monoisotopic (exact) mass is 764 g/mol. The molecular formula is C42H44N4O10. The lowest BCUT2D eigenvalue weighted by Crippen LogP contribution is -2.37. The van der Waals surface area contributed by atoms with Crippen molar-refractivity contribution in [2.24, 2.45) is 0 Å². The molecular weight excluding hydrogens is 720 g/mol. The third-order valence-electron chi connectivity index (χ3n) is 8.61. The molecule has 0 spiro atoms. The number of carbonyl (C=O) groups is 4. The van der Waals surface area contributed by atoms with E-state index in [1.54, 1.807) is 73.3 Å². The third kappa shape index (κ3) is 12.6. The highest BCUT2D eigenvalue weighted by atomic mass is 16.6. The van der Waals surface area contributed by atoms with Crippen molar-refractivity contribution >= 4 is 23.9 Å². The maximum atomic E-state index is 13.2. The summed E-state index contributed by atoms with van der Waals surface area (Å²) in [6, 6.07) is 13.5. The highest BCUT2D eigenvalue weighted by Gasteiger charge is 2.32. The van der Waals surface area contributed by atoms with Crippen LogP contribution < -0.4 is 9.47 Å². The molecule has 1 fully saturated rings. The second-order valence-electron chi connectivity index (χ2n) is 12.7. The number of esters is 4. The summed E-state index contributed by atoms with van der Waals surface area (Å²) in [4.78, 5) is 66.0. The zero-order valence-corrected chi connectivity index (χ0v) is 31.0. The van der Waals surface area contributed by atoms with Crippen LogP contribution >= 0.6 is 0 Å². The molecule has 2 heterocycles. The summed E-state index contributed by atoms with van der Waals surface area (Å²) < 4.78 is 32.9. The van der Waals surface area contributed by atoms with Crippen molar-refractivity contribution in [3.63, 3.8) is 0 Å². The van der Waals surface area contributed by atoms with Gasteiger partial charge in [-0.15, -0.1) is 0 Å². The van der Waals surface area contributed by atoms with Gasteiger partial charge in [0.25, 0.3) is 0 Å². The fourth-order valence-electron chi connectivity index (χ4n) is 5.59. The molecule has 0 N–H and O–H groups in total. The smallest absolute Gasteiger partial charge is 0.338 e. The molecule has 292 valence electrons. The van der Waals surface area contributed by atoms with Crippen LogP contribution in [-0.4, -0.2) is 82.4 Å². The molecule has 1 saturated carbocycles. The second kappa shape index (κ2) is 21.4. The van der Waals surface area contributed by atoms with E-state index in [1.165, 1.54) is 0 Å². The molecule has 0 saturated heterocycles. The van der Waals surface area contributed by atoms with Crippen molar-refractivity contribution in [1.29, 1.82) is 0 Å². The Morgan fingerprint density at radius 2 is 0.911 bits per heavy atom. The minimum absolute atomic E-state index is 0.299. The Hall–Kier alpha value is -6.44. The first-order valence-corrected chi connectivity index (χ1v) is 18.4. The van der Waals surface area contributed by atoms with E-state index in [-0.39, 0.29) is 0 Å². The number of benzene rings is 2. The molecule has 4 aromatic rings. The lowest BCUT2D eigenvalue weighted by molar-refractivity contribution is -0.138. The number of nitrogens with zero attached hydrogens (tertiary/aromatic N) is 4. The van der Waals surface area contributed by atoms with Crippen LogP contribution in [0.4, 0.5) is 0 Å². The Morgan fingerprint density at radius 3 is 1.27 bits per heavy atom. The SMILES string of the molecule is C=CC(=O)OCCCCOc1cnc(-c2ccc(C(=O)O[C@@H]3CCCC[C@H]3OC(=O)c3ccc(-c4ncc(OCCCCOC(=O)C=C)cn4)cc3)cc2)nc1. The number of hydrogen-bond acceptors (Lipinski definition) is 14. The standard InChI is InChI=1S/C42H44N4O10/c1-3-37(47)53-23-9-7-21-51-33-25-43-39(44-26-33)29-13-17-31(18-14-29)41(49)55-35-11-5-6-12-36(35)56-42(50)32-19-15-30(16-20-32)40-45-27-34(28-46-40)52-22-8-10-24-54-38(48)4-2/h3-4,13-20,25-28,35-36H,1-2,5-12,21-24H2/t35-,36-/m1/s1. The van der Waals surface area contributed by atoms with E-state index in [2.05, 4.69) is 33.1 Å². The van der Waals surface area contributed by atoms with Crippen LogP contribution in [0.2, 0.25) is 0 Å². The van der Waals surface area contributed by atoms with E-state index in [1.807, 2.05) is 0 Å². The van der Waals surface area contributed by atoms with Gasteiger partial charge in [0.1, 0.15) is 12.2 Å². The summed E-state index contributed by atoms with van der Waals surface area (Å²) in [5.74, 6) is 0.0268. The highest BCUT2D eigenvalue weighted by Crippen LogP contribution is 2.27. The molecule has 0 aliphatic heterocycles. The van der Waals surface area contributed by atoms with Crippen LogP contribution in [0.1, 0.15) is 72.1 Å². The Bertz CT molecular complexity index is 1780. The first-order chi connectivity index (χ1) is 27.3. The fraction of sp³-hybridized carbons (Fsp3) is 0.333. The van der Waals surface area contributed by atoms with Crippen molar-refractivity contribution in [3.05, 3.63) is 110 Å². The number of ether oxygens (including phenoxy) is 6. The van der Waals surface area contributed by atoms with Gasteiger partial charge in [-0.05, 0) is 75.6 Å². The average Bonchev–Trinajstić information content (AvgIpc) is 3.24. The van der Waals surface area contributed by atoms with Gasteiger partial charge in [-0.1, -0.05) is 37.4 Å². The molecule has 2 aromatic heterocycles. The van der Waals surface area contributed by atoms with Gasteiger partial charge in [-0.2, -0.15) is 0 Å². The summed E-state index contributed by atoms with van der Waals surface area (Å²) in [7, 11) is 0. The lowest BCUT2D eigenvalue weighted by atomic mass is 9.94. The molecule has 0 radical (unpaired) electrons. The molecule has 56 heavy (non-hydrogen) atoms. The predicted octanol–water partition coefficient (Wildman–Crippen LogP) is 6.70. The maximum Gasteiger partial charge on any atom is 0.338 e. The van der Waals surface area contributed by atoms with Crippen molar-refractivity contribution in [2.45, 2.75) is 63.6 Å². The Morgan fingerprint density at radius 1 is 0.554 bits per heavy atom. The number of hydrogen-bond donors (Lipinski definition) is 0. The van der Waals surface area contributed by atoms with E-state index in [0.29, 0.717) is 110 Å². The third-order valence-corrected chi connectivity index (χ3v) is 8.61. The molecule has 1 aliphatic rings. The predicted molar refractivity (Wildman–Crippen MR) is 204 cm³/mol. The number of unbranched alkanes of at least 4 members (excludes halogenated alkanes) is 2. The zero-order valence-electron chi connectivity index (χ0n) is 31.0. The quantitative estimate of drug-likeness (QED) is 0.0402. The van der Waals surface area contributed by atoms with Crippen molar-refractivity contribution in [3.8, 4) is 34.3 Å². The summed E-state index contributed by atoms with van der Waals surface area (Å²) in [5, 5.41) is 0. The maximum absolute atomic E-state index is 13.2. The van der Waals surface area contributed by atoms with Gasteiger partial charge in [0.2, 0.25) is 0 Å². The van der Waals surface area contributed by atoms with Crippen molar-refractivity contribution < 1.29 is 47.6 Å². The lowest BCUT2D eigenvalue weighted by Gasteiger charge is -2.30. The van der Waals surface area contributed by atoms with Gasteiger partial charge in [0, 0.05) is 23.3 Å². The molecule has 14 heteroatoms. The van der Waals surface area contributed by atoms with Gasteiger partial charge in [-0.25, -0.2) is 39.1 Å². The first kappa shape index (κ1) is 40.7. The molecule has 0 amide bonds. The Kier molecular flexibility index (Phi) is 15.6. The first-order valence-electron chi connectivity index (χ1n) is 18.4. The normalized spacial score (nSPS) is 14.8. The van der Waals surface area contributed by atoms with Crippen LogP contribution in [-0.2, 0) is 28.5 Å². The van der Waals surface area contributed by atoms with Gasteiger partial charge in [0.15, 0.2) is 23.1 Å². The Labute approximate surface area is 324 Å². The van der Waals surface area contributed by atoms with E-state index in [4.69, 9.17) is 28.4 Å². The van der Waals surface area contributed by atoms with Gasteiger partial charge >= 0.3 is 23.9 Å². The van der Waals surface area contributed by atoms with E-state index in [0.717, 1.165) is 25.0 Å². The van der Waals surface area contributed by atoms with Gasteiger partial charge < -0.3 is 28.4 Å². The van der Waals surface area contributed by atoms with Gasteiger partial charge in [0.05, 0.1) is 62.3 Å². The number of rotatable bonds is 20. The van der Waals surface area contributed by atoms with Crippen LogP contribution in [0.3, 0.4) is 0 Å². The van der Waals surface area contributed by atoms with Gasteiger partial charge in [-0.3, -0.25) is 0 Å². The summed E-state index contributed by atoms with van der Waals surface area (Å²) in [6.45, 7) is 8.16. The minimum Gasteiger partial charge on any atom is -0.490 e. The molecule has 1 aliphatic carbocycles. The Balaban J connectivity index is 1.06. The fourth-order valence-corrected chi connectivity index (χ4v) is 5.59. The summed E-state index contributed by atoms with van der Waals surface area (Å²) >= 11 is 0. The second-order valence-corrected chi connectivity index (χ2v) is 12.7. The van der Waals surface area contributed by atoms with Crippen LogP contribution in [0.15, 0.2) is 98.6 Å². The molecule has 5 rings (SSSR count). The van der Waals surface area contributed by atoms with Crippen LogP contribution in [0.5, 0.6) is 11.5 Å². The molecule has 14 nitrogen and oxygen atoms in total. The van der Waals surface area contributed by atoms with Crippen molar-refractivity contribution in [1.82, 2.24) is 19.9 Å². The molecule has 2 atom stereocenters. The molecule has 0 bridgehead atoms. The molecule has 0 unspecified atom stereocenters. The van der Waals surface area contributed by atoms with Crippen molar-refractivity contribution in [2.75, 3.05) is 26.4 Å². The largest absolute Gasteiger partial charge is 0.490 e. The van der Waals surface area contributed by atoms with E-state index < -0.39 is 36.1 Å². The van der Waals surface area contributed by atoms with Crippen LogP contribution in [0, 0.1) is 0 Å². The number of carbonyl (C=O) groups excluding carboxylic acids is 4. The summed E-state index contributed by atoms with van der Waals surface area (Å²) in [6.07, 6.45) is 12.9. The molecule has 2 aromatic carbocycles. The van der Waals surface area contributed by atoms with E-state index >= 15 is 0 Å². The minimum atomic E-state index is -0.582. The zero-order chi connectivity index (χ0) is 39.5. The average molecular weight is 765 g/mol. The summed E-state index contributed by atoms with van der Waals surface area (Å²) in [5.41, 5.74) is 2.12. The topological polar surface area (TPSA) is 175 Å².